The molecule has 0 amide bonds. The summed E-state index contributed by atoms with van der Waals surface area (Å²) < 4.78 is 0. The van der Waals surface area contributed by atoms with E-state index in [4.69, 9.17) is 0 Å². The topological polar surface area (TPSA) is 76.3 Å². The van der Waals surface area contributed by atoms with Gasteiger partial charge in [0, 0.05) is 38.2 Å². The number of piperidine rings is 1. The Labute approximate surface area is 105 Å². The molecule has 95 valence electrons. The van der Waals surface area contributed by atoms with E-state index in [0.29, 0.717) is 31.7 Å². The third kappa shape index (κ3) is 2.47. The number of rotatable bonds is 3. The van der Waals surface area contributed by atoms with E-state index in [1.165, 1.54) is 6.07 Å². The largest absolute Gasteiger partial charge is 0.351 e. The highest BCUT2D eigenvalue weighted by atomic mass is 16.6. The van der Waals surface area contributed by atoms with Crippen LogP contribution >= 0.6 is 0 Å². The first-order valence-electron chi connectivity index (χ1n) is 5.79. The van der Waals surface area contributed by atoms with Crippen molar-refractivity contribution in [1.29, 1.82) is 0 Å². The molecule has 2 heterocycles. The first-order valence-corrected chi connectivity index (χ1v) is 5.79. The summed E-state index contributed by atoms with van der Waals surface area (Å²) >= 11 is 0. The highest BCUT2D eigenvalue weighted by Crippen LogP contribution is 2.29. The van der Waals surface area contributed by atoms with Crippen LogP contribution in [-0.2, 0) is 4.79 Å². The normalized spacial score (nSPS) is 16.6. The van der Waals surface area contributed by atoms with E-state index >= 15 is 0 Å². The minimum atomic E-state index is -0.430. The fourth-order valence-corrected chi connectivity index (χ4v) is 2.19. The molecular formula is C12H14N3O3. The van der Waals surface area contributed by atoms with Crippen LogP contribution in [0.3, 0.4) is 0 Å². The lowest BCUT2D eigenvalue weighted by Gasteiger charge is -2.31. The molecule has 1 saturated heterocycles. The van der Waals surface area contributed by atoms with Gasteiger partial charge in [-0.25, -0.2) is 4.98 Å². The highest BCUT2D eigenvalue weighted by Gasteiger charge is 2.27. The van der Waals surface area contributed by atoms with Gasteiger partial charge in [0.2, 0.25) is 5.82 Å². The molecule has 18 heavy (non-hydrogen) atoms. The van der Waals surface area contributed by atoms with Crippen molar-refractivity contribution in [1.82, 2.24) is 4.98 Å². The molecule has 0 unspecified atom stereocenters. The fourth-order valence-electron chi connectivity index (χ4n) is 2.19. The fraction of sp³-hybridized carbons (Fsp3) is 0.417. The molecule has 6 nitrogen and oxygen atoms in total. The maximum Gasteiger partial charge on any atom is 0.311 e. The van der Waals surface area contributed by atoms with Gasteiger partial charge in [0.25, 0.3) is 0 Å². The molecule has 1 aromatic rings. The Morgan fingerprint density at radius 1 is 1.50 bits per heavy atom. The summed E-state index contributed by atoms with van der Waals surface area (Å²) in [6.45, 7) is 4.63. The van der Waals surface area contributed by atoms with Crippen LogP contribution in [0.15, 0.2) is 18.3 Å². The Kier molecular flexibility index (Phi) is 3.55. The van der Waals surface area contributed by atoms with Gasteiger partial charge in [-0.05, 0) is 18.9 Å². The Hall–Kier alpha value is -1.98. The molecule has 0 atom stereocenters. The first kappa shape index (κ1) is 12.5. The van der Waals surface area contributed by atoms with Crippen LogP contribution in [0.4, 0.5) is 11.5 Å². The third-order valence-corrected chi connectivity index (χ3v) is 3.21. The maximum atomic E-state index is 11.2. The number of hydrogen-bond acceptors (Lipinski definition) is 5. The Morgan fingerprint density at radius 2 is 2.17 bits per heavy atom. The number of Topliss-reactive ketones (excluding diaryl/α,β-unsaturated/α-hetero) is 1. The molecule has 2 rings (SSSR count). The van der Waals surface area contributed by atoms with Crippen LogP contribution in [0.25, 0.3) is 0 Å². The van der Waals surface area contributed by atoms with Crippen molar-refractivity contribution in [3.05, 3.63) is 35.4 Å². The van der Waals surface area contributed by atoms with E-state index in [0.717, 1.165) is 0 Å². The minimum absolute atomic E-state index is 0.0110. The van der Waals surface area contributed by atoms with Crippen LogP contribution in [-0.4, -0.2) is 28.8 Å². The summed E-state index contributed by atoms with van der Waals surface area (Å²) in [5, 5.41) is 10.9. The van der Waals surface area contributed by atoms with E-state index in [-0.39, 0.29) is 17.4 Å². The summed E-state index contributed by atoms with van der Waals surface area (Å²) in [6, 6.07) is 2.99. The zero-order chi connectivity index (χ0) is 13.1. The molecule has 0 aliphatic carbocycles. The number of pyridine rings is 1. The molecule has 1 aromatic heterocycles. The second-order valence-corrected chi connectivity index (χ2v) is 4.33. The number of anilines is 1. The van der Waals surface area contributed by atoms with Crippen molar-refractivity contribution in [3.63, 3.8) is 0 Å². The van der Waals surface area contributed by atoms with Gasteiger partial charge in [0.15, 0.2) is 0 Å². The van der Waals surface area contributed by atoms with Gasteiger partial charge in [-0.3, -0.25) is 14.9 Å². The molecule has 6 heteroatoms. The summed E-state index contributed by atoms with van der Waals surface area (Å²) in [4.78, 5) is 27.6. The monoisotopic (exact) mass is 248 g/mol. The predicted molar refractivity (Wildman–Crippen MR) is 66.2 cm³/mol. The SMILES string of the molecule is [CH2]C(=O)C1CCN(c2ncccc2[N+](=O)[O-])CC1. The zero-order valence-corrected chi connectivity index (χ0v) is 9.91. The molecule has 1 radical (unpaired) electrons. The molecule has 0 N–H and O–H groups in total. The van der Waals surface area contributed by atoms with Crippen LogP contribution in [0.2, 0.25) is 0 Å². The average molecular weight is 248 g/mol. The quantitative estimate of drug-likeness (QED) is 0.600. The second kappa shape index (κ2) is 5.12. The van der Waals surface area contributed by atoms with Gasteiger partial charge in [-0.15, -0.1) is 0 Å². The highest BCUT2D eigenvalue weighted by molar-refractivity contribution is 5.85. The Morgan fingerprint density at radius 3 is 2.72 bits per heavy atom. The number of carbonyl (C=O) groups is 1. The van der Waals surface area contributed by atoms with Crippen molar-refractivity contribution < 1.29 is 9.72 Å². The number of carbonyl (C=O) groups excluding carboxylic acids is 1. The predicted octanol–water partition coefficient (Wildman–Crippen LogP) is 1.61. The van der Waals surface area contributed by atoms with Gasteiger partial charge in [-0.1, -0.05) is 0 Å². The molecule has 0 aromatic carbocycles. The molecule has 0 saturated carbocycles. The van der Waals surface area contributed by atoms with Gasteiger partial charge in [-0.2, -0.15) is 0 Å². The number of nitro groups is 1. The lowest BCUT2D eigenvalue weighted by Crippen LogP contribution is -2.36. The van der Waals surface area contributed by atoms with Crippen molar-refractivity contribution in [2.75, 3.05) is 18.0 Å². The van der Waals surface area contributed by atoms with E-state index in [1.807, 2.05) is 4.90 Å². The van der Waals surface area contributed by atoms with Crippen molar-refractivity contribution in [2.24, 2.45) is 5.92 Å². The Balaban J connectivity index is 2.15. The van der Waals surface area contributed by atoms with Gasteiger partial charge in [0.1, 0.15) is 5.78 Å². The minimum Gasteiger partial charge on any atom is -0.351 e. The van der Waals surface area contributed by atoms with Crippen molar-refractivity contribution in [3.8, 4) is 0 Å². The molecule has 1 aliphatic heterocycles. The van der Waals surface area contributed by atoms with E-state index < -0.39 is 4.92 Å². The average Bonchev–Trinajstić information content (AvgIpc) is 2.39. The van der Waals surface area contributed by atoms with Crippen LogP contribution in [0.5, 0.6) is 0 Å². The van der Waals surface area contributed by atoms with Crippen molar-refractivity contribution in [2.45, 2.75) is 12.8 Å². The van der Waals surface area contributed by atoms with Gasteiger partial charge >= 0.3 is 5.69 Å². The van der Waals surface area contributed by atoms with Crippen molar-refractivity contribution >= 4 is 17.3 Å². The van der Waals surface area contributed by atoms with Crippen LogP contribution in [0.1, 0.15) is 12.8 Å². The van der Waals surface area contributed by atoms with E-state index in [9.17, 15) is 14.9 Å². The lowest BCUT2D eigenvalue weighted by molar-refractivity contribution is -0.384. The standard InChI is InChI=1S/C12H14N3O3/c1-9(16)10-4-7-14(8-5-10)12-11(15(17)18)3-2-6-13-12/h2-3,6,10H,1,4-5,7-8H2. The summed E-state index contributed by atoms with van der Waals surface area (Å²) in [6.07, 6.45) is 2.90. The molecule has 1 aliphatic rings. The van der Waals surface area contributed by atoms with Crippen LogP contribution < -0.4 is 4.90 Å². The molecule has 0 spiro atoms. The Bertz CT molecular complexity index is 467. The van der Waals surface area contributed by atoms with Gasteiger partial charge < -0.3 is 4.90 Å². The molecule has 0 bridgehead atoms. The summed E-state index contributed by atoms with van der Waals surface area (Å²) in [5.41, 5.74) is 0.0110. The number of ketones is 1. The smallest absolute Gasteiger partial charge is 0.311 e. The van der Waals surface area contributed by atoms with Crippen LogP contribution in [0, 0.1) is 23.0 Å². The van der Waals surface area contributed by atoms with E-state index in [2.05, 4.69) is 11.9 Å². The third-order valence-electron chi connectivity index (χ3n) is 3.21. The number of aromatic nitrogens is 1. The summed E-state index contributed by atoms with van der Waals surface area (Å²) in [5.74, 6) is 0.312. The lowest BCUT2D eigenvalue weighted by atomic mass is 9.93. The zero-order valence-electron chi connectivity index (χ0n) is 9.91. The van der Waals surface area contributed by atoms with Gasteiger partial charge in [0.05, 0.1) is 4.92 Å². The number of hydrogen-bond donors (Lipinski definition) is 0. The molecule has 1 fully saturated rings. The first-order chi connectivity index (χ1) is 8.59. The summed E-state index contributed by atoms with van der Waals surface area (Å²) in [7, 11) is 0. The van der Waals surface area contributed by atoms with E-state index in [1.54, 1.807) is 12.3 Å². The molecular weight excluding hydrogens is 234 g/mol. The second-order valence-electron chi connectivity index (χ2n) is 4.33. The maximum absolute atomic E-state index is 11.2. The number of nitrogens with zero attached hydrogens (tertiary/aromatic N) is 3.